The van der Waals surface area contributed by atoms with Crippen molar-refractivity contribution in [1.29, 1.82) is 0 Å². The third-order valence-electron chi connectivity index (χ3n) is 1.83. The summed E-state index contributed by atoms with van der Waals surface area (Å²) in [6.45, 7) is 1.16. The van der Waals surface area contributed by atoms with Crippen LogP contribution in [0.4, 0.5) is 0 Å². The van der Waals surface area contributed by atoms with Crippen LogP contribution in [0, 0.1) is 0 Å². The number of nitrogens with one attached hydrogen (secondary N) is 1. The first-order valence-electron chi connectivity index (χ1n) is 3.73. The molecule has 0 radical (unpaired) electrons. The van der Waals surface area contributed by atoms with Crippen molar-refractivity contribution in [3.63, 3.8) is 0 Å². The second-order valence-electron chi connectivity index (χ2n) is 2.58. The molecule has 1 nitrogen and oxygen atoms in total. The Kier molecular flexibility index (Phi) is 1.72. The molecule has 0 aliphatic carbocycles. The van der Waals surface area contributed by atoms with Gasteiger partial charge in [0.1, 0.15) is 0 Å². The van der Waals surface area contributed by atoms with Gasteiger partial charge in [0.05, 0.1) is 0 Å². The third-order valence-corrected chi connectivity index (χ3v) is 2.97. The Morgan fingerprint density at radius 1 is 1.50 bits per heavy atom. The van der Waals surface area contributed by atoms with Crippen molar-refractivity contribution in [2.75, 3.05) is 12.3 Å². The average Bonchev–Trinajstić information content (AvgIpc) is 2.05. The Morgan fingerprint density at radius 2 is 2.50 bits per heavy atom. The zero-order chi connectivity index (χ0) is 6.81. The van der Waals surface area contributed by atoms with Crippen molar-refractivity contribution in [3.05, 3.63) is 22.8 Å². The van der Waals surface area contributed by atoms with Crippen LogP contribution in [0.3, 0.4) is 0 Å². The van der Waals surface area contributed by atoms with Crippen LogP contribution in [0.1, 0.15) is 12.8 Å². The molecule has 2 heterocycles. The third kappa shape index (κ3) is 1.08. The van der Waals surface area contributed by atoms with E-state index >= 15 is 0 Å². The average molecular weight is 153 g/mol. The molecule has 0 saturated heterocycles. The highest BCUT2D eigenvalue weighted by Crippen LogP contribution is 2.29. The van der Waals surface area contributed by atoms with Crippen molar-refractivity contribution in [3.8, 4) is 0 Å². The lowest BCUT2D eigenvalue weighted by molar-refractivity contribution is 0.695. The lowest BCUT2D eigenvalue weighted by Crippen LogP contribution is -2.20. The molecular weight excluding hydrogens is 142 g/mol. The Balaban J connectivity index is 2.23. The van der Waals surface area contributed by atoms with Crippen LogP contribution in [-0.2, 0) is 0 Å². The summed E-state index contributed by atoms with van der Waals surface area (Å²) in [5, 5.41) is 3.39. The molecule has 0 unspecified atom stereocenters. The highest BCUT2D eigenvalue weighted by Gasteiger charge is 2.11. The fraction of sp³-hybridized carbons (Fsp3) is 0.500. The SMILES string of the molecule is C1=CC2=C(CCCN2)SC1. The monoisotopic (exact) mass is 153 g/mol. The quantitative estimate of drug-likeness (QED) is 0.570. The molecule has 0 aromatic carbocycles. The van der Waals surface area contributed by atoms with Crippen LogP contribution in [0.15, 0.2) is 22.8 Å². The summed E-state index contributed by atoms with van der Waals surface area (Å²) in [5.74, 6) is 1.17. The Bertz CT molecular complexity index is 193. The number of hydrogen-bond donors (Lipinski definition) is 1. The predicted octanol–water partition coefficient (Wildman–Crippen LogP) is 1.88. The van der Waals surface area contributed by atoms with Gasteiger partial charge >= 0.3 is 0 Å². The summed E-state index contributed by atoms with van der Waals surface area (Å²) in [4.78, 5) is 1.56. The number of rotatable bonds is 0. The van der Waals surface area contributed by atoms with Crippen molar-refractivity contribution in [2.45, 2.75) is 12.8 Å². The first kappa shape index (κ1) is 6.35. The van der Waals surface area contributed by atoms with Gasteiger partial charge in [0.25, 0.3) is 0 Å². The zero-order valence-electron chi connectivity index (χ0n) is 5.89. The molecule has 1 N–H and O–H groups in total. The lowest BCUT2D eigenvalue weighted by atomic mass is 10.2. The molecule has 0 aromatic heterocycles. The minimum atomic E-state index is 1.16. The van der Waals surface area contributed by atoms with E-state index in [1.165, 1.54) is 24.3 Å². The molecule has 10 heavy (non-hydrogen) atoms. The molecule has 0 spiro atoms. The first-order chi connectivity index (χ1) is 4.97. The van der Waals surface area contributed by atoms with Crippen molar-refractivity contribution in [2.24, 2.45) is 0 Å². The highest BCUT2D eigenvalue weighted by atomic mass is 32.2. The van der Waals surface area contributed by atoms with Gasteiger partial charge in [0.2, 0.25) is 0 Å². The summed E-state index contributed by atoms with van der Waals surface area (Å²) >= 11 is 1.98. The Hall–Kier alpha value is -0.370. The van der Waals surface area contributed by atoms with Crippen LogP contribution in [0.2, 0.25) is 0 Å². The molecule has 0 bridgehead atoms. The van der Waals surface area contributed by atoms with Gasteiger partial charge in [0.15, 0.2) is 0 Å². The van der Waals surface area contributed by atoms with Crippen LogP contribution in [0.25, 0.3) is 0 Å². The van der Waals surface area contributed by atoms with E-state index in [4.69, 9.17) is 0 Å². The van der Waals surface area contributed by atoms with Crippen molar-refractivity contribution >= 4 is 11.8 Å². The van der Waals surface area contributed by atoms with Gasteiger partial charge in [-0.2, -0.15) is 0 Å². The maximum absolute atomic E-state index is 3.39. The minimum Gasteiger partial charge on any atom is -0.384 e. The van der Waals surface area contributed by atoms with Gasteiger partial charge in [0, 0.05) is 22.9 Å². The van der Waals surface area contributed by atoms with E-state index in [1.807, 2.05) is 11.8 Å². The van der Waals surface area contributed by atoms with Gasteiger partial charge in [-0.15, -0.1) is 11.8 Å². The van der Waals surface area contributed by atoms with Crippen LogP contribution in [-0.4, -0.2) is 12.3 Å². The minimum absolute atomic E-state index is 1.16. The van der Waals surface area contributed by atoms with E-state index in [9.17, 15) is 0 Å². The summed E-state index contributed by atoms with van der Waals surface area (Å²) in [5.41, 5.74) is 1.38. The summed E-state index contributed by atoms with van der Waals surface area (Å²) in [6, 6.07) is 0. The van der Waals surface area contributed by atoms with Gasteiger partial charge < -0.3 is 5.32 Å². The van der Waals surface area contributed by atoms with Crippen LogP contribution < -0.4 is 5.32 Å². The first-order valence-corrected chi connectivity index (χ1v) is 4.72. The molecule has 0 fully saturated rings. The molecule has 2 rings (SSSR count). The van der Waals surface area contributed by atoms with Gasteiger partial charge in [-0.3, -0.25) is 0 Å². The molecule has 2 aliphatic rings. The topological polar surface area (TPSA) is 12.0 Å². The van der Waals surface area contributed by atoms with Crippen LogP contribution >= 0.6 is 11.8 Å². The Morgan fingerprint density at radius 3 is 3.40 bits per heavy atom. The number of thioether (sulfide) groups is 1. The molecule has 0 saturated carbocycles. The summed E-state index contributed by atoms with van der Waals surface area (Å²) in [7, 11) is 0. The van der Waals surface area contributed by atoms with E-state index in [2.05, 4.69) is 17.5 Å². The zero-order valence-corrected chi connectivity index (χ0v) is 6.71. The lowest BCUT2D eigenvalue weighted by Gasteiger charge is -2.21. The van der Waals surface area contributed by atoms with E-state index < -0.39 is 0 Å². The van der Waals surface area contributed by atoms with Crippen LogP contribution in [0.5, 0.6) is 0 Å². The molecule has 0 aromatic rings. The second-order valence-corrected chi connectivity index (χ2v) is 3.70. The molecule has 2 aliphatic heterocycles. The number of allylic oxidation sites excluding steroid dienone is 2. The maximum atomic E-state index is 3.39. The van der Waals surface area contributed by atoms with E-state index in [0.717, 1.165) is 6.54 Å². The fourth-order valence-corrected chi connectivity index (χ4v) is 2.30. The summed E-state index contributed by atoms with van der Waals surface area (Å²) < 4.78 is 0. The molecule has 54 valence electrons. The van der Waals surface area contributed by atoms with Crippen molar-refractivity contribution < 1.29 is 0 Å². The summed E-state index contributed by atoms with van der Waals surface area (Å²) in [6.07, 6.45) is 7.03. The predicted molar refractivity (Wildman–Crippen MR) is 45.9 cm³/mol. The molecule has 0 atom stereocenters. The fourth-order valence-electron chi connectivity index (χ4n) is 1.32. The van der Waals surface area contributed by atoms with E-state index in [1.54, 1.807) is 4.91 Å². The largest absolute Gasteiger partial charge is 0.384 e. The van der Waals surface area contributed by atoms with Gasteiger partial charge in [-0.1, -0.05) is 6.08 Å². The van der Waals surface area contributed by atoms with Crippen molar-refractivity contribution in [1.82, 2.24) is 5.32 Å². The normalized spacial score (nSPS) is 24.0. The maximum Gasteiger partial charge on any atom is 0.0434 e. The number of hydrogen-bond acceptors (Lipinski definition) is 2. The van der Waals surface area contributed by atoms with Gasteiger partial charge in [-0.25, -0.2) is 0 Å². The molecule has 0 amide bonds. The van der Waals surface area contributed by atoms with Gasteiger partial charge in [-0.05, 0) is 18.9 Å². The van der Waals surface area contributed by atoms with E-state index in [0.29, 0.717) is 0 Å². The standard InChI is InChI=1S/C8H11NS/c1-4-8-7(9-5-1)3-2-6-10-8/h2-3,9H,1,4-6H2. The Labute approximate surface area is 65.6 Å². The molecular formula is C8H11NS. The second kappa shape index (κ2) is 2.70. The molecule has 2 heteroatoms. The highest BCUT2D eigenvalue weighted by molar-refractivity contribution is 8.03. The van der Waals surface area contributed by atoms with E-state index in [-0.39, 0.29) is 0 Å². The smallest absolute Gasteiger partial charge is 0.0434 e.